The first-order valence-electron chi connectivity index (χ1n) is 4.94. The zero-order chi connectivity index (χ0) is 12.6. The van der Waals surface area contributed by atoms with Crippen molar-refractivity contribution in [3.63, 3.8) is 0 Å². The standard InChI is InChI=1S/C9H11IN4O3/c10-5-6(12-4-13-7(5)15)14-2-1-9(11,3-14)8(16)17/h4H,1-3,11H2,(H,16,17)(H,12,13,15). The Kier molecular flexibility index (Phi) is 3.08. The first kappa shape index (κ1) is 12.3. The van der Waals surface area contributed by atoms with Crippen LogP contribution in [0.15, 0.2) is 11.1 Å². The third kappa shape index (κ3) is 2.14. The molecule has 1 aromatic heterocycles. The summed E-state index contributed by atoms with van der Waals surface area (Å²) in [5.74, 6) is -0.539. The quantitative estimate of drug-likeness (QED) is 0.612. The molecule has 1 atom stereocenters. The Labute approximate surface area is 110 Å². The lowest BCUT2D eigenvalue weighted by atomic mass is 10.0. The van der Waals surface area contributed by atoms with E-state index in [9.17, 15) is 9.59 Å². The average Bonchev–Trinajstić information content (AvgIpc) is 2.66. The molecule has 1 unspecified atom stereocenters. The van der Waals surface area contributed by atoms with Crippen molar-refractivity contribution in [1.82, 2.24) is 9.97 Å². The molecule has 8 heteroatoms. The topological polar surface area (TPSA) is 112 Å². The predicted molar refractivity (Wildman–Crippen MR) is 69.0 cm³/mol. The van der Waals surface area contributed by atoms with Crippen molar-refractivity contribution >= 4 is 34.4 Å². The van der Waals surface area contributed by atoms with Crippen LogP contribution in [-0.4, -0.2) is 39.7 Å². The Bertz CT molecular complexity index is 517. The van der Waals surface area contributed by atoms with Gasteiger partial charge in [0.15, 0.2) is 0 Å². The molecule has 1 aliphatic rings. The van der Waals surface area contributed by atoms with E-state index in [2.05, 4.69) is 9.97 Å². The highest BCUT2D eigenvalue weighted by atomic mass is 127. The smallest absolute Gasteiger partial charge is 0.325 e. The lowest BCUT2D eigenvalue weighted by molar-refractivity contribution is -0.142. The summed E-state index contributed by atoms with van der Waals surface area (Å²) < 4.78 is 0.444. The minimum Gasteiger partial charge on any atom is -0.480 e. The number of aromatic amines is 1. The summed E-state index contributed by atoms with van der Waals surface area (Å²) in [6.07, 6.45) is 1.64. The monoisotopic (exact) mass is 350 g/mol. The number of nitrogens with one attached hydrogen (secondary N) is 1. The van der Waals surface area contributed by atoms with E-state index >= 15 is 0 Å². The summed E-state index contributed by atoms with van der Waals surface area (Å²) in [6.45, 7) is 0.643. The summed E-state index contributed by atoms with van der Waals surface area (Å²) in [5.41, 5.74) is 4.27. The van der Waals surface area contributed by atoms with E-state index in [1.807, 2.05) is 22.6 Å². The van der Waals surface area contributed by atoms with Crippen LogP contribution in [0, 0.1) is 3.57 Å². The maximum Gasteiger partial charge on any atom is 0.325 e. The molecular weight excluding hydrogens is 339 g/mol. The van der Waals surface area contributed by atoms with Crippen LogP contribution < -0.4 is 16.2 Å². The molecule has 2 rings (SSSR count). The molecule has 1 fully saturated rings. The van der Waals surface area contributed by atoms with Gasteiger partial charge >= 0.3 is 5.97 Å². The van der Waals surface area contributed by atoms with Crippen LogP contribution in [0.1, 0.15) is 6.42 Å². The average molecular weight is 350 g/mol. The number of nitrogens with two attached hydrogens (primary N) is 1. The van der Waals surface area contributed by atoms with E-state index in [0.717, 1.165) is 0 Å². The van der Waals surface area contributed by atoms with Gasteiger partial charge in [-0.3, -0.25) is 9.59 Å². The van der Waals surface area contributed by atoms with Crippen LogP contribution in [0.3, 0.4) is 0 Å². The maximum absolute atomic E-state index is 11.4. The first-order chi connectivity index (χ1) is 7.94. The van der Waals surface area contributed by atoms with Gasteiger partial charge in [0.25, 0.3) is 5.56 Å². The number of anilines is 1. The van der Waals surface area contributed by atoms with Crippen molar-refractivity contribution in [2.24, 2.45) is 5.73 Å². The SMILES string of the molecule is NC1(C(=O)O)CCN(c2nc[nH]c(=O)c2I)C1. The number of carbonyl (C=O) groups is 1. The summed E-state index contributed by atoms with van der Waals surface area (Å²) in [7, 11) is 0. The number of carboxylic acids is 1. The molecule has 0 amide bonds. The number of nitrogens with zero attached hydrogens (tertiary/aromatic N) is 2. The molecule has 0 radical (unpaired) electrons. The molecule has 4 N–H and O–H groups in total. The minimum atomic E-state index is -1.26. The number of carboxylic acid groups (broad SMARTS) is 1. The fourth-order valence-electron chi connectivity index (χ4n) is 1.78. The summed E-state index contributed by atoms with van der Waals surface area (Å²) in [6, 6.07) is 0. The molecule has 0 spiro atoms. The summed E-state index contributed by atoms with van der Waals surface area (Å²) in [5, 5.41) is 9.02. The number of H-pyrrole nitrogens is 1. The van der Waals surface area contributed by atoms with Crippen molar-refractivity contribution in [2.75, 3.05) is 18.0 Å². The molecule has 0 aromatic carbocycles. The minimum absolute atomic E-state index is 0.161. The number of aliphatic carboxylic acids is 1. The van der Waals surface area contributed by atoms with E-state index < -0.39 is 11.5 Å². The number of halogens is 1. The summed E-state index contributed by atoms with van der Waals surface area (Å²) in [4.78, 5) is 30.7. The van der Waals surface area contributed by atoms with Gasteiger partial charge in [-0.1, -0.05) is 0 Å². The van der Waals surface area contributed by atoms with Crippen LogP contribution in [0.25, 0.3) is 0 Å². The Morgan fingerprint density at radius 2 is 2.41 bits per heavy atom. The normalized spacial score (nSPS) is 24.0. The second kappa shape index (κ2) is 4.26. The third-order valence-electron chi connectivity index (χ3n) is 2.80. The van der Waals surface area contributed by atoms with E-state index in [1.54, 1.807) is 4.90 Å². The molecule has 17 heavy (non-hydrogen) atoms. The van der Waals surface area contributed by atoms with Gasteiger partial charge in [-0.05, 0) is 29.0 Å². The van der Waals surface area contributed by atoms with E-state index in [1.165, 1.54) is 6.33 Å². The van der Waals surface area contributed by atoms with Crippen molar-refractivity contribution < 1.29 is 9.90 Å². The molecule has 0 aliphatic carbocycles. The number of rotatable bonds is 2. The number of hydrogen-bond acceptors (Lipinski definition) is 5. The largest absolute Gasteiger partial charge is 0.480 e. The number of hydrogen-bond donors (Lipinski definition) is 3. The van der Waals surface area contributed by atoms with Crippen molar-refractivity contribution in [2.45, 2.75) is 12.0 Å². The molecule has 1 aromatic rings. The van der Waals surface area contributed by atoms with Crippen LogP contribution in [0.5, 0.6) is 0 Å². The molecule has 92 valence electrons. The lowest BCUT2D eigenvalue weighted by Crippen LogP contribution is -2.50. The zero-order valence-electron chi connectivity index (χ0n) is 8.81. The molecule has 7 nitrogen and oxygen atoms in total. The molecule has 0 bridgehead atoms. The van der Waals surface area contributed by atoms with Crippen molar-refractivity contribution in [3.8, 4) is 0 Å². The highest BCUT2D eigenvalue weighted by Gasteiger charge is 2.42. The maximum atomic E-state index is 11.4. The van der Waals surface area contributed by atoms with Crippen LogP contribution in [-0.2, 0) is 4.79 Å². The second-order valence-electron chi connectivity index (χ2n) is 4.00. The molecule has 0 saturated carbocycles. The second-order valence-corrected chi connectivity index (χ2v) is 5.08. The van der Waals surface area contributed by atoms with Crippen molar-refractivity contribution in [3.05, 3.63) is 20.3 Å². The molecule has 1 saturated heterocycles. The Morgan fingerprint density at radius 3 is 3.00 bits per heavy atom. The van der Waals surface area contributed by atoms with Gasteiger partial charge < -0.3 is 20.7 Å². The number of aromatic nitrogens is 2. The van der Waals surface area contributed by atoms with E-state index in [-0.39, 0.29) is 12.1 Å². The van der Waals surface area contributed by atoms with Gasteiger partial charge in [0.2, 0.25) is 0 Å². The lowest BCUT2D eigenvalue weighted by Gasteiger charge is -2.21. The van der Waals surface area contributed by atoms with Crippen molar-refractivity contribution in [1.29, 1.82) is 0 Å². The van der Waals surface area contributed by atoms with Gasteiger partial charge in [0.1, 0.15) is 14.9 Å². The van der Waals surface area contributed by atoms with Crippen LogP contribution >= 0.6 is 22.6 Å². The zero-order valence-corrected chi connectivity index (χ0v) is 11.0. The van der Waals surface area contributed by atoms with Gasteiger partial charge in [-0.25, -0.2) is 4.98 Å². The highest BCUT2D eigenvalue weighted by molar-refractivity contribution is 14.1. The Morgan fingerprint density at radius 1 is 1.71 bits per heavy atom. The Hall–Kier alpha value is -1.16. The van der Waals surface area contributed by atoms with E-state index in [0.29, 0.717) is 22.4 Å². The van der Waals surface area contributed by atoms with Crippen LogP contribution in [0.4, 0.5) is 5.82 Å². The van der Waals surface area contributed by atoms with Gasteiger partial charge in [0, 0.05) is 13.1 Å². The van der Waals surface area contributed by atoms with Gasteiger partial charge in [0.05, 0.1) is 6.33 Å². The van der Waals surface area contributed by atoms with Crippen LogP contribution in [0.2, 0.25) is 0 Å². The van der Waals surface area contributed by atoms with Gasteiger partial charge in [-0.2, -0.15) is 0 Å². The van der Waals surface area contributed by atoms with E-state index in [4.69, 9.17) is 10.8 Å². The first-order valence-corrected chi connectivity index (χ1v) is 6.02. The summed E-state index contributed by atoms with van der Waals surface area (Å²) >= 11 is 1.89. The molecular formula is C9H11IN4O3. The fourth-order valence-corrected chi connectivity index (χ4v) is 2.42. The molecule has 2 heterocycles. The fraction of sp³-hybridized carbons (Fsp3) is 0.444. The highest BCUT2D eigenvalue weighted by Crippen LogP contribution is 2.25. The third-order valence-corrected chi connectivity index (χ3v) is 3.78. The van der Waals surface area contributed by atoms with Gasteiger partial charge in [-0.15, -0.1) is 0 Å². The Balaban J connectivity index is 2.30. The predicted octanol–water partition coefficient (Wildman–Crippen LogP) is -0.633. The molecule has 1 aliphatic heterocycles.